The van der Waals surface area contributed by atoms with Gasteiger partial charge >= 0.3 is 6.03 Å². The van der Waals surface area contributed by atoms with E-state index in [0.717, 1.165) is 26.1 Å². The normalized spacial score (nSPS) is 25.4. The Morgan fingerprint density at radius 2 is 1.59 bits per heavy atom. The number of sulfone groups is 1. The van der Waals surface area contributed by atoms with Crippen molar-refractivity contribution in [3.05, 3.63) is 0 Å². The van der Waals surface area contributed by atoms with Gasteiger partial charge < -0.3 is 15.1 Å². The van der Waals surface area contributed by atoms with Crippen LogP contribution in [0.15, 0.2) is 0 Å². The molecule has 0 aromatic carbocycles. The second-order valence-electron chi connectivity index (χ2n) is 4.51. The van der Waals surface area contributed by atoms with Crippen molar-refractivity contribution in [2.24, 2.45) is 0 Å². The van der Waals surface area contributed by atoms with E-state index in [-0.39, 0.29) is 17.5 Å². The lowest BCUT2D eigenvalue weighted by Gasteiger charge is -2.32. The predicted molar refractivity (Wildman–Crippen MR) is 64.7 cm³/mol. The Bertz CT molecular complexity index is 360. The molecule has 0 aromatic heterocycles. The van der Waals surface area contributed by atoms with Crippen molar-refractivity contribution in [3.8, 4) is 0 Å². The molecular formula is C10H19N3O3S. The van der Waals surface area contributed by atoms with E-state index in [1.165, 1.54) is 0 Å². The molecule has 2 amide bonds. The van der Waals surface area contributed by atoms with Gasteiger partial charge in [0, 0.05) is 32.7 Å². The van der Waals surface area contributed by atoms with Crippen LogP contribution in [-0.2, 0) is 9.84 Å². The number of carbonyl (C=O) groups is 1. The summed E-state index contributed by atoms with van der Waals surface area (Å²) in [5.41, 5.74) is 0. The van der Waals surface area contributed by atoms with Crippen LogP contribution in [0.3, 0.4) is 0 Å². The number of urea groups is 1. The maximum Gasteiger partial charge on any atom is 0.320 e. The molecule has 2 aliphatic heterocycles. The first-order valence-electron chi connectivity index (χ1n) is 6.03. The third kappa shape index (κ3) is 3.32. The number of hydrogen-bond donors (Lipinski definition) is 1. The zero-order valence-corrected chi connectivity index (χ0v) is 10.7. The Hall–Kier alpha value is -0.820. The van der Waals surface area contributed by atoms with E-state index in [0.29, 0.717) is 19.6 Å². The summed E-state index contributed by atoms with van der Waals surface area (Å²) in [7, 11) is -2.91. The number of amides is 2. The summed E-state index contributed by atoms with van der Waals surface area (Å²) in [6.07, 6.45) is 0.956. The second kappa shape index (κ2) is 5.22. The largest absolute Gasteiger partial charge is 0.323 e. The Labute approximate surface area is 102 Å². The molecule has 7 heteroatoms. The summed E-state index contributed by atoms with van der Waals surface area (Å²) >= 11 is 0. The summed E-state index contributed by atoms with van der Waals surface area (Å²) in [5, 5.41) is 3.24. The van der Waals surface area contributed by atoms with Crippen molar-refractivity contribution >= 4 is 15.9 Å². The molecule has 0 unspecified atom stereocenters. The van der Waals surface area contributed by atoms with Gasteiger partial charge in [0.15, 0.2) is 9.84 Å². The molecule has 0 aliphatic carbocycles. The molecule has 0 bridgehead atoms. The molecule has 0 aromatic rings. The molecule has 0 radical (unpaired) electrons. The third-order valence-corrected chi connectivity index (χ3v) is 4.83. The van der Waals surface area contributed by atoms with Crippen molar-refractivity contribution in [1.82, 2.24) is 15.1 Å². The van der Waals surface area contributed by atoms with Gasteiger partial charge in [-0.25, -0.2) is 13.2 Å². The number of carbonyl (C=O) groups excluding carboxylic acids is 1. The van der Waals surface area contributed by atoms with E-state index < -0.39 is 9.84 Å². The Kier molecular flexibility index (Phi) is 3.88. The van der Waals surface area contributed by atoms with E-state index in [2.05, 4.69) is 5.32 Å². The molecule has 2 fully saturated rings. The maximum absolute atomic E-state index is 12.1. The van der Waals surface area contributed by atoms with Crippen molar-refractivity contribution in [2.75, 3.05) is 50.8 Å². The zero-order valence-electron chi connectivity index (χ0n) is 9.89. The van der Waals surface area contributed by atoms with Crippen LogP contribution >= 0.6 is 0 Å². The predicted octanol–water partition coefficient (Wildman–Crippen LogP) is -0.868. The monoisotopic (exact) mass is 261 g/mol. The standard InChI is InChI=1S/C10H19N3O3S/c14-10(12-4-1-2-11-3-5-12)13-6-8-17(15,16)9-7-13/h11H,1-9H2. The van der Waals surface area contributed by atoms with Crippen LogP contribution in [-0.4, -0.2) is 75.0 Å². The SMILES string of the molecule is O=C(N1CCCNCC1)N1CCS(=O)(=O)CC1. The van der Waals surface area contributed by atoms with Crippen molar-refractivity contribution in [3.63, 3.8) is 0 Å². The topological polar surface area (TPSA) is 69.7 Å². The summed E-state index contributed by atoms with van der Waals surface area (Å²) < 4.78 is 22.6. The van der Waals surface area contributed by atoms with Crippen LogP contribution in [0, 0.1) is 0 Å². The first-order chi connectivity index (χ1) is 8.08. The van der Waals surface area contributed by atoms with E-state index in [4.69, 9.17) is 0 Å². The van der Waals surface area contributed by atoms with Crippen LogP contribution in [0.4, 0.5) is 4.79 Å². The van der Waals surface area contributed by atoms with Crippen LogP contribution in [0.2, 0.25) is 0 Å². The minimum Gasteiger partial charge on any atom is -0.323 e. The summed E-state index contributed by atoms with van der Waals surface area (Å²) in [6, 6.07) is -0.0106. The molecule has 17 heavy (non-hydrogen) atoms. The highest BCUT2D eigenvalue weighted by Gasteiger charge is 2.28. The lowest BCUT2D eigenvalue weighted by molar-refractivity contribution is 0.159. The fraction of sp³-hybridized carbons (Fsp3) is 0.900. The lowest BCUT2D eigenvalue weighted by atomic mass is 10.4. The van der Waals surface area contributed by atoms with Gasteiger partial charge in [0.1, 0.15) is 0 Å². The molecule has 2 heterocycles. The summed E-state index contributed by atoms with van der Waals surface area (Å²) in [4.78, 5) is 15.6. The highest BCUT2D eigenvalue weighted by molar-refractivity contribution is 7.91. The van der Waals surface area contributed by atoms with Crippen LogP contribution in [0.1, 0.15) is 6.42 Å². The fourth-order valence-electron chi connectivity index (χ4n) is 2.14. The van der Waals surface area contributed by atoms with E-state index in [9.17, 15) is 13.2 Å². The minimum atomic E-state index is -2.91. The van der Waals surface area contributed by atoms with Gasteiger partial charge in [0.05, 0.1) is 11.5 Å². The van der Waals surface area contributed by atoms with Gasteiger partial charge in [-0.05, 0) is 13.0 Å². The number of hydrogen-bond acceptors (Lipinski definition) is 4. The molecule has 0 saturated carbocycles. The number of nitrogens with one attached hydrogen (secondary N) is 1. The van der Waals surface area contributed by atoms with Gasteiger partial charge in [-0.2, -0.15) is 0 Å². The molecule has 6 nitrogen and oxygen atoms in total. The maximum atomic E-state index is 12.1. The zero-order chi connectivity index (χ0) is 12.3. The van der Waals surface area contributed by atoms with Crippen LogP contribution in [0.5, 0.6) is 0 Å². The molecular weight excluding hydrogens is 242 g/mol. The lowest BCUT2D eigenvalue weighted by Crippen LogP contribution is -2.50. The highest BCUT2D eigenvalue weighted by Crippen LogP contribution is 2.08. The average Bonchev–Trinajstić information content (AvgIpc) is 2.56. The summed E-state index contributed by atoms with van der Waals surface area (Å²) in [5.74, 6) is 0.204. The van der Waals surface area contributed by atoms with Gasteiger partial charge in [0.25, 0.3) is 0 Å². The van der Waals surface area contributed by atoms with Gasteiger partial charge in [-0.15, -0.1) is 0 Å². The number of rotatable bonds is 0. The fourth-order valence-corrected chi connectivity index (χ4v) is 3.34. The van der Waals surface area contributed by atoms with Gasteiger partial charge in [-0.3, -0.25) is 0 Å². The Morgan fingerprint density at radius 3 is 2.29 bits per heavy atom. The van der Waals surface area contributed by atoms with E-state index in [1.54, 1.807) is 4.90 Å². The average molecular weight is 261 g/mol. The van der Waals surface area contributed by atoms with Crippen molar-refractivity contribution in [1.29, 1.82) is 0 Å². The Morgan fingerprint density at radius 1 is 0.941 bits per heavy atom. The van der Waals surface area contributed by atoms with E-state index in [1.807, 2.05) is 4.90 Å². The Balaban J connectivity index is 1.91. The smallest absolute Gasteiger partial charge is 0.320 e. The molecule has 2 saturated heterocycles. The molecule has 0 atom stereocenters. The van der Waals surface area contributed by atoms with Gasteiger partial charge in [0.2, 0.25) is 0 Å². The molecule has 2 aliphatic rings. The van der Waals surface area contributed by atoms with E-state index >= 15 is 0 Å². The van der Waals surface area contributed by atoms with Gasteiger partial charge in [-0.1, -0.05) is 0 Å². The van der Waals surface area contributed by atoms with Crippen molar-refractivity contribution < 1.29 is 13.2 Å². The molecule has 1 N–H and O–H groups in total. The van der Waals surface area contributed by atoms with Crippen LogP contribution < -0.4 is 5.32 Å². The highest BCUT2D eigenvalue weighted by atomic mass is 32.2. The number of nitrogens with zero attached hydrogens (tertiary/aromatic N) is 2. The minimum absolute atomic E-state index is 0.0106. The first-order valence-corrected chi connectivity index (χ1v) is 7.86. The molecule has 0 spiro atoms. The quantitative estimate of drug-likeness (QED) is 0.615. The molecule has 2 rings (SSSR count). The first kappa shape index (κ1) is 12.6. The van der Waals surface area contributed by atoms with Crippen LogP contribution in [0.25, 0.3) is 0 Å². The van der Waals surface area contributed by atoms with Crippen molar-refractivity contribution in [2.45, 2.75) is 6.42 Å². The summed E-state index contributed by atoms with van der Waals surface area (Å²) in [6.45, 7) is 3.91. The second-order valence-corrected chi connectivity index (χ2v) is 6.82. The third-order valence-electron chi connectivity index (χ3n) is 3.23. The molecule has 98 valence electrons.